The summed E-state index contributed by atoms with van der Waals surface area (Å²) < 4.78 is 5.13. The summed E-state index contributed by atoms with van der Waals surface area (Å²) in [6.45, 7) is 3.76. The summed E-state index contributed by atoms with van der Waals surface area (Å²) in [5.74, 6) is 0.234. The molecule has 26 heavy (non-hydrogen) atoms. The summed E-state index contributed by atoms with van der Waals surface area (Å²) in [5, 5.41) is 3.33. The van der Waals surface area contributed by atoms with Gasteiger partial charge in [-0.05, 0) is 36.2 Å². The van der Waals surface area contributed by atoms with Crippen LogP contribution in [-0.4, -0.2) is 25.5 Å². The maximum atomic E-state index is 12.3. The standard InChI is InChI=1S/C20H23ClN2O3/c1-4-15-7-5-6-8-18(15)22-20(25)11-12-23(14(2)24)16-9-10-19(26-3)17(21)13-16/h5-10,13H,4,11-12H2,1-3H3,(H,22,25). The number of amides is 2. The van der Waals surface area contributed by atoms with Crippen molar-refractivity contribution in [3.8, 4) is 5.75 Å². The van der Waals surface area contributed by atoms with Crippen LogP contribution in [0, 0.1) is 0 Å². The van der Waals surface area contributed by atoms with Gasteiger partial charge < -0.3 is 15.0 Å². The second-order valence-electron chi connectivity index (χ2n) is 5.80. The molecular weight excluding hydrogens is 352 g/mol. The number of para-hydroxylation sites is 1. The van der Waals surface area contributed by atoms with Gasteiger partial charge in [-0.15, -0.1) is 0 Å². The van der Waals surface area contributed by atoms with E-state index < -0.39 is 0 Å². The van der Waals surface area contributed by atoms with Gasteiger partial charge in [-0.3, -0.25) is 9.59 Å². The maximum absolute atomic E-state index is 12.3. The number of rotatable bonds is 7. The second kappa shape index (κ2) is 9.25. The highest BCUT2D eigenvalue weighted by Crippen LogP contribution is 2.29. The molecule has 0 fully saturated rings. The summed E-state index contributed by atoms with van der Waals surface area (Å²) in [4.78, 5) is 25.8. The van der Waals surface area contributed by atoms with Crippen LogP contribution in [0.5, 0.6) is 5.75 Å². The minimum Gasteiger partial charge on any atom is -0.495 e. The molecule has 0 heterocycles. The van der Waals surface area contributed by atoms with E-state index in [-0.39, 0.29) is 24.8 Å². The Labute approximate surface area is 158 Å². The quantitative estimate of drug-likeness (QED) is 0.786. The lowest BCUT2D eigenvalue weighted by Crippen LogP contribution is -2.32. The summed E-state index contributed by atoms with van der Waals surface area (Å²) in [7, 11) is 1.53. The fourth-order valence-corrected chi connectivity index (χ4v) is 2.92. The average molecular weight is 375 g/mol. The predicted molar refractivity (Wildman–Crippen MR) is 105 cm³/mol. The number of benzene rings is 2. The van der Waals surface area contributed by atoms with Crippen LogP contribution >= 0.6 is 11.6 Å². The highest BCUT2D eigenvalue weighted by molar-refractivity contribution is 6.32. The van der Waals surface area contributed by atoms with Crippen molar-refractivity contribution in [1.82, 2.24) is 0 Å². The third-order valence-corrected chi connectivity index (χ3v) is 4.36. The van der Waals surface area contributed by atoms with E-state index in [1.807, 2.05) is 31.2 Å². The van der Waals surface area contributed by atoms with E-state index in [0.717, 1.165) is 17.7 Å². The Kier molecular flexibility index (Phi) is 7.04. The molecule has 0 radical (unpaired) electrons. The first-order valence-corrected chi connectivity index (χ1v) is 8.83. The van der Waals surface area contributed by atoms with Crippen molar-refractivity contribution >= 4 is 34.8 Å². The molecule has 0 bridgehead atoms. The number of aryl methyl sites for hydroxylation is 1. The van der Waals surface area contributed by atoms with E-state index in [9.17, 15) is 9.59 Å². The predicted octanol–water partition coefficient (Wildman–Crippen LogP) is 4.29. The maximum Gasteiger partial charge on any atom is 0.226 e. The van der Waals surface area contributed by atoms with Gasteiger partial charge in [0.25, 0.3) is 0 Å². The summed E-state index contributed by atoms with van der Waals surface area (Å²) in [6, 6.07) is 12.8. The van der Waals surface area contributed by atoms with Crippen molar-refractivity contribution in [1.29, 1.82) is 0 Å². The van der Waals surface area contributed by atoms with Crippen LogP contribution in [0.15, 0.2) is 42.5 Å². The van der Waals surface area contributed by atoms with Gasteiger partial charge in [0.05, 0.1) is 12.1 Å². The first-order valence-electron chi connectivity index (χ1n) is 8.45. The van der Waals surface area contributed by atoms with Crippen molar-refractivity contribution in [2.75, 3.05) is 23.9 Å². The molecule has 0 saturated carbocycles. The van der Waals surface area contributed by atoms with Gasteiger partial charge in [-0.25, -0.2) is 0 Å². The smallest absolute Gasteiger partial charge is 0.226 e. The summed E-state index contributed by atoms with van der Waals surface area (Å²) in [5.41, 5.74) is 2.51. The molecule has 0 aliphatic rings. The van der Waals surface area contributed by atoms with Crippen molar-refractivity contribution in [2.45, 2.75) is 26.7 Å². The molecule has 0 spiro atoms. The van der Waals surface area contributed by atoms with Crippen LogP contribution in [-0.2, 0) is 16.0 Å². The van der Waals surface area contributed by atoms with E-state index in [1.54, 1.807) is 18.2 Å². The highest BCUT2D eigenvalue weighted by Gasteiger charge is 2.15. The number of nitrogens with one attached hydrogen (secondary N) is 1. The number of methoxy groups -OCH3 is 1. The first kappa shape index (κ1) is 19.8. The number of ether oxygens (including phenoxy) is 1. The number of nitrogens with zero attached hydrogens (tertiary/aromatic N) is 1. The molecule has 1 N–H and O–H groups in total. The molecule has 0 aliphatic heterocycles. The third kappa shape index (κ3) is 4.99. The fourth-order valence-electron chi connectivity index (χ4n) is 2.67. The van der Waals surface area contributed by atoms with Gasteiger partial charge in [0.1, 0.15) is 5.75 Å². The number of hydrogen-bond acceptors (Lipinski definition) is 3. The summed E-state index contributed by atoms with van der Waals surface area (Å²) in [6.07, 6.45) is 1.02. The molecule has 0 atom stereocenters. The van der Waals surface area contributed by atoms with Gasteiger partial charge in [-0.2, -0.15) is 0 Å². The zero-order valence-electron chi connectivity index (χ0n) is 15.2. The van der Waals surface area contributed by atoms with Gasteiger partial charge in [0.15, 0.2) is 0 Å². The number of halogens is 1. The second-order valence-corrected chi connectivity index (χ2v) is 6.21. The molecule has 2 amide bonds. The lowest BCUT2D eigenvalue weighted by molar-refractivity contribution is -0.117. The topological polar surface area (TPSA) is 58.6 Å². The zero-order chi connectivity index (χ0) is 19.1. The molecule has 5 nitrogen and oxygen atoms in total. The Balaban J connectivity index is 2.05. The Morgan fingerprint density at radius 2 is 1.92 bits per heavy atom. The minimum atomic E-state index is -0.159. The Morgan fingerprint density at radius 1 is 1.19 bits per heavy atom. The van der Waals surface area contributed by atoms with Crippen LogP contribution < -0.4 is 15.0 Å². The van der Waals surface area contributed by atoms with Crippen LogP contribution in [0.1, 0.15) is 25.8 Å². The van der Waals surface area contributed by atoms with Crippen LogP contribution in [0.2, 0.25) is 5.02 Å². The van der Waals surface area contributed by atoms with E-state index in [4.69, 9.17) is 16.3 Å². The van der Waals surface area contributed by atoms with Gasteiger partial charge >= 0.3 is 0 Å². The van der Waals surface area contributed by atoms with Gasteiger partial charge in [0.2, 0.25) is 11.8 Å². The molecule has 2 aromatic carbocycles. The van der Waals surface area contributed by atoms with Gasteiger partial charge in [-0.1, -0.05) is 36.7 Å². The Bertz CT molecular complexity index is 792. The lowest BCUT2D eigenvalue weighted by Gasteiger charge is -2.22. The van der Waals surface area contributed by atoms with Crippen LogP contribution in [0.25, 0.3) is 0 Å². The SMILES string of the molecule is CCc1ccccc1NC(=O)CCN(C(C)=O)c1ccc(OC)c(Cl)c1. The largest absolute Gasteiger partial charge is 0.495 e. The third-order valence-electron chi connectivity index (χ3n) is 4.06. The molecule has 0 aliphatic carbocycles. The van der Waals surface area contributed by atoms with E-state index in [0.29, 0.717) is 16.5 Å². The molecule has 0 saturated heterocycles. The van der Waals surface area contributed by atoms with Crippen LogP contribution in [0.3, 0.4) is 0 Å². The molecule has 6 heteroatoms. The Morgan fingerprint density at radius 3 is 2.54 bits per heavy atom. The first-order chi connectivity index (χ1) is 12.5. The monoisotopic (exact) mass is 374 g/mol. The lowest BCUT2D eigenvalue weighted by atomic mass is 10.1. The molecule has 0 aromatic heterocycles. The number of carbonyl (C=O) groups is 2. The van der Waals surface area contributed by atoms with Gasteiger partial charge in [0, 0.05) is 31.3 Å². The van der Waals surface area contributed by atoms with Crippen molar-refractivity contribution < 1.29 is 14.3 Å². The number of anilines is 2. The van der Waals surface area contributed by atoms with Crippen molar-refractivity contribution in [3.63, 3.8) is 0 Å². The molecule has 138 valence electrons. The number of hydrogen-bond donors (Lipinski definition) is 1. The van der Waals surface area contributed by atoms with Crippen LogP contribution in [0.4, 0.5) is 11.4 Å². The Hall–Kier alpha value is -2.53. The molecule has 2 rings (SSSR count). The molecule has 0 unspecified atom stereocenters. The van der Waals surface area contributed by atoms with Crippen molar-refractivity contribution in [2.24, 2.45) is 0 Å². The highest BCUT2D eigenvalue weighted by atomic mass is 35.5. The molecular formula is C20H23ClN2O3. The van der Waals surface area contributed by atoms with Crippen molar-refractivity contribution in [3.05, 3.63) is 53.1 Å². The minimum absolute atomic E-state index is 0.142. The van der Waals surface area contributed by atoms with E-state index in [1.165, 1.54) is 18.9 Å². The number of carbonyl (C=O) groups excluding carboxylic acids is 2. The molecule has 2 aromatic rings. The van der Waals surface area contributed by atoms with E-state index >= 15 is 0 Å². The zero-order valence-corrected chi connectivity index (χ0v) is 16.0. The van der Waals surface area contributed by atoms with E-state index in [2.05, 4.69) is 5.32 Å². The normalized spacial score (nSPS) is 10.3. The summed E-state index contributed by atoms with van der Waals surface area (Å²) >= 11 is 6.14. The average Bonchev–Trinajstić information content (AvgIpc) is 2.62. The fraction of sp³-hybridized carbons (Fsp3) is 0.300.